The Balaban J connectivity index is 1.99. The zero-order valence-corrected chi connectivity index (χ0v) is 12.9. The number of phenols is 1. The van der Waals surface area contributed by atoms with Gasteiger partial charge in [-0.25, -0.2) is 0 Å². The molecule has 0 spiro atoms. The van der Waals surface area contributed by atoms with Crippen LogP contribution in [0.5, 0.6) is 5.75 Å². The van der Waals surface area contributed by atoms with Crippen LogP contribution in [0.25, 0.3) is 10.2 Å². The van der Waals surface area contributed by atoms with Crippen LogP contribution in [-0.2, 0) is 7.05 Å². The van der Waals surface area contributed by atoms with Crippen LogP contribution in [0.2, 0.25) is 0 Å². The fourth-order valence-electron chi connectivity index (χ4n) is 2.12. The van der Waals surface area contributed by atoms with E-state index in [4.69, 9.17) is 0 Å². The van der Waals surface area contributed by atoms with E-state index in [9.17, 15) is 15.2 Å². The number of para-hydroxylation sites is 2. The highest BCUT2D eigenvalue weighted by Crippen LogP contribution is 2.27. The number of nitro groups is 1. The van der Waals surface area contributed by atoms with E-state index in [1.807, 2.05) is 35.9 Å². The predicted octanol–water partition coefficient (Wildman–Crippen LogP) is 2.79. The molecule has 1 aromatic heterocycles. The highest BCUT2D eigenvalue weighted by Gasteiger charge is 2.14. The summed E-state index contributed by atoms with van der Waals surface area (Å²) in [6.07, 6.45) is 1.30. The SMILES string of the molecule is Cn1/c(=N\N=C/c2cccc([N+](=O)[O-])c2O)sc2ccccc21. The Labute approximate surface area is 134 Å². The lowest BCUT2D eigenvalue weighted by Crippen LogP contribution is -2.08. The largest absolute Gasteiger partial charge is 0.502 e. The fourth-order valence-corrected chi connectivity index (χ4v) is 3.09. The van der Waals surface area contributed by atoms with Crippen molar-refractivity contribution in [2.45, 2.75) is 0 Å². The minimum atomic E-state index is -0.643. The molecule has 7 nitrogen and oxygen atoms in total. The molecule has 8 heteroatoms. The molecule has 2 aromatic carbocycles. The molecule has 0 fully saturated rings. The predicted molar refractivity (Wildman–Crippen MR) is 88.7 cm³/mol. The number of hydrogen-bond acceptors (Lipinski definition) is 6. The van der Waals surface area contributed by atoms with Gasteiger partial charge in [-0.1, -0.05) is 29.5 Å². The first-order valence-corrected chi connectivity index (χ1v) is 7.47. The summed E-state index contributed by atoms with van der Waals surface area (Å²) < 4.78 is 2.99. The van der Waals surface area contributed by atoms with Crippen LogP contribution in [0.4, 0.5) is 5.69 Å². The number of hydrogen-bond donors (Lipinski definition) is 1. The van der Waals surface area contributed by atoms with Gasteiger partial charge in [0, 0.05) is 18.7 Å². The first-order valence-electron chi connectivity index (χ1n) is 6.66. The summed E-state index contributed by atoms with van der Waals surface area (Å²) in [4.78, 5) is 10.8. The van der Waals surface area contributed by atoms with Crippen molar-refractivity contribution in [3.63, 3.8) is 0 Å². The van der Waals surface area contributed by atoms with Gasteiger partial charge in [-0.15, -0.1) is 5.10 Å². The monoisotopic (exact) mass is 328 g/mol. The summed E-state index contributed by atoms with van der Waals surface area (Å²) in [7, 11) is 1.89. The Morgan fingerprint density at radius 3 is 2.78 bits per heavy atom. The van der Waals surface area contributed by atoms with E-state index in [2.05, 4.69) is 10.2 Å². The Morgan fingerprint density at radius 1 is 1.26 bits per heavy atom. The Bertz CT molecular complexity index is 988. The van der Waals surface area contributed by atoms with Gasteiger partial charge in [0.2, 0.25) is 10.6 Å². The van der Waals surface area contributed by atoms with Crippen LogP contribution >= 0.6 is 11.3 Å². The topological polar surface area (TPSA) is 93.0 Å². The first kappa shape index (κ1) is 14.9. The minimum Gasteiger partial charge on any atom is -0.502 e. The Kier molecular flexibility index (Phi) is 3.90. The number of nitrogens with zero attached hydrogens (tertiary/aromatic N) is 4. The van der Waals surface area contributed by atoms with Crippen molar-refractivity contribution in [2.24, 2.45) is 17.3 Å². The van der Waals surface area contributed by atoms with E-state index in [0.29, 0.717) is 4.80 Å². The molecular formula is C15H12N4O3S. The van der Waals surface area contributed by atoms with Crippen molar-refractivity contribution in [2.75, 3.05) is 0 Å². The molecule has 116 valence electrons. The number of phenolic OH excluding ortho intramolecular Hbond substituents is 1. The lowest BCUT2D eigenvalue weighted by molar-refractivity contribution is -0.385. The quantitative estimate of drug-likeness (QED) is 0.455. The molecule has 0 aliphatic rings. The third-order valence-electron chi connectivity index (χ3n) is 3.30. The van der Waals surface area contributed by atoms with E-state index < -0.39 is 10.7 Å². The second kappa shape index (κ2) is 6.01. The number of thiazole rings is 1. The number of nitro benzene ring substituents is 1. The number of aryl methyl sites for hydroxylation is 1. The highest BCUT2D eigenvalue weighted by atomic mass is 32.1. The summed E-state index contributed by atoms with van der Waals surface area (Å²) >= 11 is 1.48. The zero-order valence-electron chi connectivity index (χ0n) is 12.1. The number of benzene rings is 2. The lowest BCUT2D eigenvalue weighted by Gasteiger charge is -1.98. The van der Waals surface area contributed by atoms with Gasteiger partial charge in [0.1, 0.15) is 0 Å². The first-order chi connectivity index (χ1) is 11.1. The van der Waals surface area contributed by atoms with Gasteiger partial charge in [-0.2, -0.15) is 5.10 Å². The normalized spacial score (nSPS) is 12.3. The molecule has 0 radical (unpaired) electrons. The van der Waals surface area contributed by atoms with Crippen LogP contribution in [0, 0.1) is 10.1 Å². The van der Waals surface area contributed by atoms with Crippen molar-refractivity contribution < 1.29 is 10.0 Å². The third kappa shape index (κ3) is 2.84. The molecule has 0 amide bonds. The Morgan fingerprint density at radius 2 is 2.04 bits per heavy atom. The molecule has 0 aliphatic carbocycles. The van der Waals surface area contributed by atoms with Crippen LogP contribution < -0.4 is 4.80 Å². The summed E-state index contributed by atoms with van der Waals surface area (Å²) in [6, 6.07) is 12.1. The second-order valence-electron chi connectivity index (χ2n) is 4.73. The third-order valence-corrected chi connectivity index (χ3v) is 4.40. The van der Waals surface area contributed by atoms with Crippen LogP contribution in [0.15, 0.2) is 52.7 Å². The van der Waals surface area contributed by atoms with Gasteiger partial charge >= 0.3 is 5.69 Å². The molecule has 0 saturated carbocycles. The zero-order chi connectivity index (χ0) is 16.4. The molecule has 0 bridgehead atoms. The molecule has 1 heterocycles. The second-order valence-corrected chi connectivity index (χ2v) is 5.74. The average Bonchev–Trinajstić information content (AvgIpc) is 2.85. The van der Waals surface area contributed by atoms with Gasteiger partial charge in [-0.05, 0) is 18.2 Å². The molecule has 0 atom stereocenters. The van der Waals surface area contributed by atoms with E-state index in [-0.39, 0.29) is 11.3 Å². The number of aromatic nitrogens is 1. The minimum absolute atomic E-state index is 0.242. The number of rotatable bonds is 3. The van der Waals surface area contributed by atoms with Crippen molar-refractivity contribution in [1.82, 2.24) is 4.57 Å². The van der Waals surface area contributed by atoms with Gasteiger partial charge in [0.05, 0.1) is 21.4 Å². The van der Waals surface area contributed by atoms with Crippen molar-refractivity contribution in [3.8, 4) is 5.75 Å². The standard InChI is InChI=1S/C15H12N4O3S/c1-18-11-6-2-3-8-13(11)23-15(18)17-16-9-10-5-4-7-12(14(10)20)19(21)22/h2-9,20H,1H3/b16-9-,17-15+. The van der Waals surface area contributed by atoms with Gasteiger partial charge in [-0.3, -0.25) is 10.1 Å². The van der Waals surface area contributed by atoms with Crippen molar-refractivity contribution >= 4 is 33.5 Å². The number of fused-ring (bicyclic) bond motifs is 1. The molecule has 0 aliphatic heterocycles. The maximum atomic E-state index is 10.8. The maximum Gasteiger partial charge on any atom is 0.311 e. The van der Waals surface area contributed by atoms with E-state index in [1.54, 1.807) is 0 Å². The molecule has 3 rings (SSSR count). The molecular weight excluding hydrogens is 316 g/mol. The molecule has 0 unspecified atom stereocenters. The summed E-state index contributed by atoms with van der Waals surface area (Å²) in [6.45, 7) is 0. The maximum absolute atomic E-state index is 10.8. The van der Waals surface area contributed by atoms with Crippen LogP contribution in [0.3, 0.4) is 0 Å². The Hall–Kier alpha value is -3.00. The van der Waals surface area contributed by atoms with Crippen molar-refractivity contribution in [3.05, 3.63) is 62.9 Å². The van der Waals surface area contributed by atoms with Gasteiger partial charge in [0.15, 0.2) is 0 Å². The molecule has 1 N–H and O–H groups in total. The smallest absolute Gasteiger partial charge is 0.311 e. The summed E-state index contributed by atoms with van der Waals surface area (Å²) in [5, 5.41) is 28.7. The molecule has 0 saturated heterocycles. The van der Waals surface area contributed by atoms with Crippen molar-refractivity contribution in [1.29, 1.82) is 0 Å². The molecule has 23 heavy (non-hydrogen) atoms. The highest BCUT2D eigenvalue weighted by molar-refractivity contribution is 7.16. The van der Waals surface area contributed by atoms with E-state index >= 15 is 0 Å². The van der Waals surface area contributed by atoms with Crippen LogP contribution in [-0.4, -0.2) is 20.8 Å². The van der Waals surface area contributed by atoms with Crippen LogP contribution in [0.1, 0.15) is 5.56 Å². The lowest BCUT2D eigenvalue weighted by atomic mass is 10.2. The summed E-state index contributed by atoms with van der Waals surface area (Å²) in [5.41, 5.74) is 0.928. The fraction of sp³-hybridized carbons (Fsp3) is 0.0667. The summed E-state index contributed by atoms with van der Waals surface area (Å²) in [5.74, 6) is -0.419. The van der Waals surface area contributed by atoms with Gasteiger partial charge in [0.25, 0.3) is 0 Å². The average molecular weight is 328 g/mol. The number of aromatic hydroxyl groups is 1. The van der Waals surface area contributed by atoms with E-state index in [1.165, 1.54) is 35.8 Å². The van der Waals surface area contributed by atoms with Gasteiger partial charge < -0.3 is 9.67 Å². The van der Waals surface area contributed by atoms with E-state index in [0.717, 1.165) is 10.2 Å². The molecule has 3 aromatic rings.